The average molecular weight is 312 g/mol. The molecule has 1 aliphatic heterocycles. The molecule has 1 aromatic carbocycles. The van der Waals surface area contributed by atoms with Crippen LogP contribution >= 0.6 is 12.4 Å². The topological polar surface area (TPSA) is 58.4 Å². The molecule has 5 heteroatoms. The molecule has 0 saturated carbocycles. The maximum Gasteiger partial charge on any atom is 0.225 e. The van der Waals surface area contributed by atoms with Gasteiger partial charge in [-0.15, -0.1) is 12.4 Å². The summed E-state index contributed by atoms with van der Waals surface area (Å²) in [4.78, 5) is 14.3. The van der Waals surface area contributed by atoms with Crippen molar-refractivity contribution in [1.82, 2.24) is 4.90 Å². The molecule has 1 aromatic rings. The fourth-order valence-electron chi connectivity index (χ4n) is 2.98. The SMILES string of the molecule is CC1CCCN(CCC(=O)Nc2ccccc2)C1CN.Cl. The first-order chi connectivity index (χ1) is 9.70. The number of hydrogen-bond donors (Lipinski definition) is 2. The van der Waals surface area contributed by atoms with Gasteiger partial charge in [-0.3, -0.25) is 9.69 Å². The highest BCUT2D eigenvalue weighted by Gasteiger charge is 2.27. The molecule has 1 heterocycles. The summed E-state index contributed by atoms with van der Waals surface area (Å²) in [5.41, 5.74) is 6.73. The van der Waals surface area contributed by atoms with Crippen LogP contribution in [-0.2, 0) is 4.79 Å². The molecule has 2 unspecified atom stereocenters. The number of para-hydroxylation sites is 1. The molecule has 1 aliphatic rings. The van der Waals surface area contributed by atoms with Crippen LogP contribution in [0.3, 0.4) is 0 Å². The predicted octanol–water partition coefficient (Wildman–Crippen LogP) is 2.50. The van der Waals surface area contributed by atoms with Crippen LogP contribution in [0.15, 0.2) is 30.3 Å². The number of likely N-dealkylation sites (tertiary alicyclic amines) is 1. The van der Waals surface area contributed by atoms with Gasteiger partial charge >= 0.3 is 0 Å². The van der Waals surface area contributed by atoms with E-state index in [-0.39, 0.29) is 18.3 Å². The van der Waals surface area contributed by atoms with E-state index in [0.717, 1.165) is 18.8 Å². The Morgan fingerprint density at radius 3 is 2.76 bits per heavy atom. The number of halogens is 1. The van der Waals surface area contributed by atoms with Gasteiger partial charge in [0.25, 0.3) is 0 Å². The Hall–Kier alpha value is -1.10. The average Bonchev–Trinajstić information content (AvgIpc) is 2.46. The monoisotopic (exact) mass is 311 g/mol. The molecule has 4 nitrogen and oxygen atoms in total. The summed E-state index contributed by atoms with van der Waals surface area (Å²) in [6, 6.07) is 10.0. The Morgan fingerprint density at radius 2 is 2.10 bits per heavy atom. The van der Waals surface area contributed by atoms with E-state index in [9.17, 15) is 4.79 Å². The number of carbonyl (C=O) groups is 1. The van der Waals surface area contributed by atoms with Crippen molar-refractivity contribution in [2.45, 2.75) is 32.2 Å². The minimum Gasteiger partial charge on any atom is -0.329 e. The minimum absolute atomic E-state index is 0. The number of hydrogen-bond acceptors (Lipinski definition) is 3. The zero-order valence-corrected chi connectivity index (χ0v) is 13.4. The van der Waals surface area contributed by atoms with Crippen molar-refractivity contribution in [1.29, 1.82) is 0 Å². The van der Waals surface area contributed by atoms with E-state index in [0.29, 0.717) is 24.9 Å². The van der Waals surface area contributed by atoms with Crippen molar-refractivity contribution in [2.24, 2.45) is 11.7 Å². The number of benzene rings is 1. The van der Waals surface area contributed by atoms with Gasteiger partial charge in [0.1, 0.15) is 0 Å². The molecule has 0 radical (unpaired) electrons. The summed E-state index contributed by atoms with van der Waals surface area (Å²) >= 11 is 0. The largest absolute Gasteiger partial charge is 0.329 e. The summed E-state index contributed by atoms with van der Waals surface area (Å²) in [5.74, 6) is 0.705. The molecule has 2 rings (SSSR count). The van der Waals surface area contributed by atoms with Crippen molar-refractivity contribution in [2.75, 3.05) is 25.0 Å². The second kappa shape index (κ2) is 9.03. The van der Waals surface area contributed by atoms with Crippen LogP contribution in [0, 0.1) is 5.92 Å². The van der Waals surface area contributed by atoms with Crippen molar-refractivity contribution < 1.29 is 4.79 Å². The lowest BCUT2D eigenvalue weighted by Crippen LogP contribution is -2.49. The lowest BCUT2D eigenvalue weighted by molar-refractivity contribution is -0.116. The fourth-order valence-corrected chi connectivity index (χ4v) is 2.98. The summed E-state index contributed by atoms with van der Waals surface area (Å²) in [7, 11) is 0. The molecule has 1 fully saturated rings. The van der Waals surface area contributed by atoms with Crippen molar-refractivity contribution in [3.8, 4) is 0 Å². The molecule has 1 amide bonds. The van der Waals surface area contributed by atoms with Gasteiger partial charge in [-0.05, 0) is 37.4 Å². The number of carbonyl (C=O) groups excluding carboxylic acids is 1. The highest BCUT2D eigenvalue weighted by molar-refractivity contribution is 5.90. The van der Waals surface area contributed by atoms with Gasteiger partial charge in [0.15, 0.2) is 0 Å². The van der Waals surface area contributed by atoms with Gasteiger partial charge in [-0.2, -0.15) is 0 Å². The van der Waals surface area contributed by atoms with Crippen molar-refractivity contribution in [3.05, 3.63) is 30.3 Å². The van der Waals surface area contributed by atoms with Crippen LogP contribution in [0.2, 0.25) is 0 Å². The zero-order valence-electron chi connectivity index (χ0n) is 12.6. The molecule has 118 valence electrons. The molecule has 3 N–H and O–H groups in total. The highest BCUT2D eigenvalue weighted by Crippen LogP contribution is 2.22. The number of nitrogens with two attached hydrogens (primary N) is 1. The van der Waals surface area contributed by atoms with E-state index >= 15 is 0 Å². The normalized spacial score (nSPS) is 22.4. The van der Waals surface area contributed by atoms with Gasteiger partial charge < -0.3 is 11.1 Å². The first kappa shape index (κ1) is 18.0. The molecule has 2 atom stereocenters. The van der Waals surface area contributed by atoms with Gasteiger partial charge in [-0.25, -0.2) is 0 Å². The Kier molecular flexibility index (Phi) is 7.72. The minimum atomic E-state index is 0. The summed E-state index contributed by atoms with van der Waals surface area (Å²) in [6.45, 7) is 4.80. The number of nitrogens with zero attached hydrogens (tertiary/aromatic N) is 1. The van der Waals surface area contributed by atoms with Crippen LogP contribution in [0.25, 0.3) is 0 Å². The molecule has 21 heavy (non-hydrogen) atoms. The standard InChI is InChI=1S/C16H25N3O.ClH/c1-13-6-5-10-19(15(13)12-17)11-9-16(20)18-14-7-3-2-4-8-14;/h2-4,7-8,13,15H,5-6,9-12,17H2,1H3,(H,18,20);1H. The molecular formula is C16H26ClN3O. The second-order valence-corrected chi connectivity index (χ2v) is 5.62. The molecular weight excluding hydrogens is 286 g/mol. The van der Waals surface area contributed by atoms with E-state index in [2.05, 4.69) is 17.1 Å². The molecule has 0 aromatic heterocycles. The van der Waals surface area contributed by atoms with Crippen LogP contribution in [-0.4, -0.2) is 36.5 Å². The summed E-state index contributed by atoms with van der Waals surface area (Å²) in [6.07, 6.45) is 2.98. The Labute approximate surface area is 133 Å². The van der Waals surface area contributed by atoms with E-state index in [4.69, 9.17) is 5.73 Å². The number of rotatable bonds is 5. The van der Waals surface area contributed by atoms with E-state index in [1.54, 1.807) is 0 Å². The van der Waals surface area contributed by atoms with E-state index < -0.39 is 0 Å². The highest BCUT2D eigenvalue weighted by atomic mass is 35.5. The maximum atomic E-state index is 12.0. The lowest BCUT2D eigenvalue weighted by Gasteiger charge is -2.39. The third kappa shape index (κ3) is 5.30. The maximum absolute atomic E-state index is 12.0. The zero-order chi connectivity index (χ0) is 14.4. The molecule has 1 saturated heterocycles. The quantitative estimate of drug-likeness (QED) is 0.878. The number of amides is 1. The van der Waals surface area contributed by atoms with E-state index in [1.807, 2.05) is 30.3 Å². The predicted molar refractivity (Wildman–Crippen MR) is 89.8 cm³/mol. The van der Waals surface area contributed by atoms with E-state index in [1.165, 1.54) is 12.8 Å². The molecule has 0 aliphatic carbocycles. The van der Waals surface area contributed by atoms with Crippen LogP contribution in [0.1, 0.15) is 26.2 Å². The first-order valence-electron chi connectivity index (χ1n) is 7.49. The van der Waals surface area contributed by atoms with Crippen LogP contribution < -0.4 is 11.1 Å². The Balaban J connectivity index is 0.00000220. The smallest absolute Gasteiger partial charge is 0.225 e. The Bertz CT molecular complexity index is 427. The third-order valence-corrected chi connectivity index (χ3v) is 4.16. The van der Waals surface area contributed by atoms with Gasteiger partial charge in [0.05, 0.1) is 0 Å². The van der Waals surface area contributed by atoms with Gasteiger partial charge in [0, 0.05) is 31.2 Å². The lowest BCUT2D eigenvalue weighted by atomic mass is 9.90. The van der Waals surface area contributed by atoms with Crippen molar-refractivity contribution in [3.63, 3.8) is 0 Å². The second-order valence-electron chi connectivity index (χ2n) is 5.62. The van der Waals surface area contributed by atoms with Gasteiger partial charge in [-0.1, -0.05) is 25.1 Å². The Morgan fingerprint density at radius 1 is 1.38 bits per heavy atom. The van der Waals surface area contributed by atoms with Crippen LogP contribution in [0.5, 0.6) is 0 Å². The van der Waals surface area contributed by atoms with Crippen molar-refractivity contribution >= 4 is 24.0 Å². The van der Waals surface area contributed by atoms with Gasteiger partial charge in [0.2, 0.25) is 5.91 Å². The third-order valence-electron chi connectivity index (χ3n) is 4.16. The number of anilines is 1. The van der Waals surface area contributed by atoms with Crippen LogP contribution in [0.4, 0.5) is 5.69 Å². The summed E-state index contributed by atoms with van der Waals surface area (Å²) in [5, 5.41) is 2.93. The molecule has 0 bridgehead atoms. The number of nitrogens with one attached hydrogen (secondary N) is 1. The summed E-state index contributed by atoms with van der Waals surface area (Å²) < 4.78 is 0. The first-order valence-corrected chi connectivity index (χ1v) is 7.49. The fraction of sp³-hybridized carbons (Fsp3) is 0.562. The molecule has 0 spiro atoms. The number of piperidine rings is 1.